The van der Waals surface area contributed by atoms with E-state index < -0.39 is 11.6 Å². The molecule has 0 aliphatic rings. The molecule has 19 heavy (non-hydrogen) atoms. The maximum absolute atomic E-state index is 13.2. The summed E-state index contributed by atoms with van der Waals surface area (Å²) >= 11 is 0. The molecule has 0 aliphatic heterocycles. The number of anilines is 1. The molecule has 0 saturated carbocycles. The number of rotatable bonds is 6. The van der Waals surface area contributed by atoms with Crippen LogP contribution >= 0.6 is 0 Å². The summed E-state index contributed by atoms with van der Waals surface area (Å²) in [6, 6.07) is 3.68. The van der Waals surface area contributed by atoms with E-state index in [2.05, 4.69) is 0 Å². The predicted molar refractivity (Wildman–Crippen MR) is 72.2 cm³/mol. The molecule has 0 unspecified atom stereocenters. The fraction of sp³-hybridized carbons (Fsp3) is 0.500. The summed E-state index contributed by atoms with van der Waals surface area (Å²) in [6.45, 7) is 7.71. The zero-order chi connectivity index (χ0) is 14.4. The van der Waals surface area contributed by atoms with Crippen LogP contribution in [-0.4, -0.2) is 37.0 Å². The summed E-state index contributed by atoms with van der Waals surface area (Å²) in [6.07, 6.45) is 0. The van der Waals surface area contributed by atoms with E-state index in [-0.39, 0.29) is 12.5 Å². The largest absolute Gasteiger partial charge is 0.362 e. The molecule has 106 valence electrons. The third kappa shape index (κ3) is 3.91. The Kier molecular flexibility index (Phi) is 5.73. The first kappa shape index (κ1) is 15.4. The number of amides is 1. The van der Waals surface area contributed by atoms with Crippen molar-refractivity contribution in [3.05, 3.63) is 29.8 Å². The van der Waals surface area contributed by atoms with Gasteiger partial charge >= 0.3 is 0 Å². The molecule has 0 fully saturated rings. The number of carbonyl (C=O) groups is 1. The molecule has 3 nitrogen and oxygen atoms in total. The molecule has 5 heteroatoms. The molecule has 0 N–H and O–H groups in total. The van der Waals surface area contributed by atoms with Crippen molar-refractivity contribution in [3.63, 3.8) is 0 Å². The van der Waals surface area contributed by atoms with Crippen molar-refractivity contribution in [2.75, 3.05) is 31.1 Å². The Morgan fingerprint density at radius 1 is 1.05 bits per heavy atom. The summed E-state index contributed by atoms with van der Waals surface area (Å²) in [5.41, 5.74) is 0.516. The van der Waals surface area contributed by atoms with Gasteiger partial charge in [0.2, 0.25) is 5.91 Å². The van der Waals surface area contributed by atoms with Crippen LogP contribution in [0.4, 0.5) is 14.5 Å². The van der Waals surface area contributed by atoms with Gasteiger partial charge in [0.25, 0.3) is 0 Å². The van der Waals surface area contributed by atoms with Gasteiger partial charge < -0.3 is 9.80 Å². The van der Waals surface area contributed by atoms with Crippen LogP contribution in [0.1, 0.15) is 20.8 Å². The number of hydrogen-bond donors (Lipinski definition) is 0. The smallest absolute Gasteiger partial charge is 0.242 e. The Balaban J connectivity index is 2.83. The van der Waals surface area contributed by atoms with Crippen LogP contribution < -0.4 is 4.90 Å². The van der Waals surface area contributed by atoms with E-state index in [1.54, 1.807) is 9.80 Å². The fourth-order valence-electron chi connectivity index (χ4n) is 1.91. The van der Waals surface area contributed by atoms with Gasteiger partial charge in [0.05, 0.1) is 6.54 Å². The highest BCUT2D eigenvalue weighted by Crippen LogP contribution is 2.17. The molecule has 1 aromatic rings. The topological polar surface area (TPSA) is 23.6 Å². The van der Waals surface area contributed by atoms with E-state index in [4.69, 9.17) is 0 Å². The second-order valence-corrected chi connectivity index (χ2v) is 4.18. The van der Waals surface area contributed by atoms with E-state index in [0.717, 1.165) is 12.1 Å². The van der Waals surface area contributed by atoms with Crippen LogP contribution in [0.15, 0.2) is 18.2 Å². The summed E-state index contributed by atoms with van der Waals surface area (Å²) in [4.78, 5) is 15.5. The Morgan fingerprint density at radius 3 is 2.16 bits per heavy atom. The molecule has 0 aliphatic carbocycles. The van der Waals surface area contributed by atoms with E-state index in [0.29, 0.717) is 25.3 Å². The molecular formula is C14H20F2N2O. The lowest BCUT2D eigenvalue weighted by Crippen LogP contribution is -2.40. The molecule has 1 amide bonds. The average Bonchev–Trinajstić information content (AvgIpc) is 2.40. The number of hydrogen-bond acceptors (Lipinski definition) is 2. The van der Waals surface area contributed by atoms with Gasteiger partial charge in [-0.15, -0.1) is 0 Å². The minimum absolute atomic E-state index is 0.0171. The van der Waals surface area contributed by atoms with Crippen LogP contribution in [0.2, 0.25) is 0 Å². The van der Waals surface area contributed by atoms with E-state index in [9.17, 15) is 13.6 Å². The maximum Gasteiger partial charge on any atom is 0.242 e. The second kappa shape index (κ2) is 7.07. The summed E-state index contributed by atoms with van der Waals surface area (Å²) in [5, 5.41) is 0. The zero-order valence-corrected chi connectivity index (χ0v) is 11.6. The molecule has 0 radical (unpaired) electrons. The lowest BCUT2D eigenvalue weighted by Gasteiger charge is -2.26. The van der Waals surface area contributed by atoms with Crippen molar-refractivity contribution in [2.45, 2.75) is 20.8 Å². The third-order valence-corrected chi connectivity index (χ3v) is 3.09. The van der Waals surface area contributed by atoms with Gasteiger partial charge in [0.15, 0.2) is 11.6 Å². The van der Waals surface area contributed by atoms with Gasteiger partial charge in [-0.05, 0) is 32.9 Å². The molecule has 0 spiro atoms. The minimum atomic E-state index is -0.897. The summed E-state index contributed by atoms with van der Waals surface area (Å²) < 4.78 is 26.1. The number of halogens is 2. The Labute approximate surface area is 112 Å². The minimum Gasteiger partial charge on any atom is -0.362 e. The standard InChI is InChI=1S/C14H20F2N2O/c1-4-17(5-2)14(19)10-18(6-3)11-7-8-12(15)13(16)9-11/h7-9H,4-6,10H2,1-3H3. The summed E-state index contributed by atoms with van der Waals surface area (Å²) in [5.74, 6) is -1.79. The predicted octanol–water partition coefficient (Wildman–Crippen LogP) is 2.66. The number of likely N-dealkylation sites (N-methyl/N-ethyl adjacent to an activating group) is 2. The fourth-order valence-corrected chi connectivity index (χ4v) is 1.91. The molecule has 0 aromatic heterocycles. The van der Waals surface area contributed by atoms with Crippen molar-refractivity contribution >= 4 is 11.6 Å². The first-order valence-electron chi connectivity index (χ1n) is 6.51. The quantitative estimate of drug-likeness (QED) is 0.793. The van der Waals surface area contributed by atoms with Gasteiger partial charge in [-0.25, -0.2) is 8.78 Å². The normalized spacial score (nSPS) is 10.4. The van der Waals surface area contributed by atoms with Crippen molar-refractivity contribution in [1.29, 1.82) is 0 Å². The Morgan fingerprint density at radius 2 is 1.68 bits per heavy atom. The Bertz CT molecular complexity index is 433. The van der Waals surface area contributed by atoms with Crippen molar-refractivity contribution < 1.29 is 13.6 Å². The van der Waals surface area contributed by atoms with Crippen LogP contribution in [0, 0.1) is 11.6 Å². The number of nitrogens with zero attached hydrogens (tertiary/aromatic N) is 2. The molecule has 0 bridgehead atoms. The number of benzene rings is 1. The van der Waals surface area contributed by atoms with Crippen molar-refractivity contribution in [2.24, 2.45) is 0 Å². The molecule has 0 saturated heterocycles. The highest BCUT2D eigenvalue weighted by atomic mass is 19.2. The van der Waals surface area contributed by atoms with Gasteiger partial charge in [0.1, 0.15) is 0 Å². The highest BCUT2D eigenvalue weighted by molar-refractivity contribution is 5.81. The molecule has 0 atom stereocenters. The second-order valence-electron chi connectivity index (χ2n) is 4.18. The third-order valence-electron chi connectivity index (χ3n) is 3.09. The van der Waals surface area contributed by atoms with Crippen LogP contribution in [0.3, 0.4) is 0 Å². The van der Waals surface area contributed by atoms with Crippen LogP contribution in [0.5, 0.6) is 0 Å². The SMILES string of the molecule is CCN(CC)C(=O)CN(CC)c1ccc(F)c(F)c1. The molecule has 1 aromatic carbocycles. The first-order valence-corrected chi connectivity index (χ1v) is 6.51. The summed E-state index contributed by atoms with van der Waals surface area (Å²) in [7, 11) is 0. The lowest BCUT2D eigenvalue weighted by molar-refractivity contribution is -0.129. The zero-order valence-electron chi connectivity index (χ0n) is 11.6. The van der Waals surface area contributed by atoms with Gasteiger partial charge in [0, 0.05) is 31.4 Å². The Hall–Kier alpha value is -1.65. The lowest BCUT2D eigenvalue weighted by atomic mass is 10.2. The van der Waals surface area contributed by atoms with Crippen LogP contribution in [0.25, 0.3) is 0 Å². The monoisotopic (exact) mass is 270 g/mol. The van der Waals surface area contributed by atoms with Gasteiger partial charge in [-0.1, -0.05) is 0 Å². The highest BCUT2D eigenvalue weighted by Gasteiger charge is 2.15. The maximum atomic E-state index is 13.2. The van der Waals surface area contributed by atoms with Gasteiger partial charge in [-0.3, -0.25) is 4.79 Å². The average molecular weight is 270 g/mol. The molecule has 1 rings (SSSR count). The van der Waals surface area contributed by atoms with Gasteiger partial charge in [-0.2, -0.15) is 0 Å². The van der Waals surface area contributed by atoms with E-state index in [1.807, 2.05) is 20.8 Å². The first-order chi connectivity index (χ1) is 9.03. The van der Waals surface area contributed by atoms with E-state index in [1.165, 1.54) is 6.07 Å². The molecular weight excluding hydrogens is 250 g/mol. The van der Waals surface area contributed by atoms with E-state index >= 15 is 0 Å². The van der Waals surface area contributed by atoms with Crippen LogP contribution in [-0.2, 0) is 4.79 Å². The molecule has 0 heterocycles. The van der Waals surface area contributed by atoms with Crippen molar-refractivity contribution in [1.82, 2.24) is 4.90 Å². The number of carbonyl (C=O) groups excluding carboxylic acids is 1. The van der Waals surface area contributed by atoms with Crippen molar-refractivity contribution in [3.8, 4) is 0 Å².